The first-order valence-corrected chi connectivity index (χ1v) is 7.92. The Bertz CT molecular complexity index is 712. The summed E-state index contributed by atoms with van der Waals surface area (Å²) in [7, 11) is 2.09. The van der Waals surface area contributed by atoms with Crippen LogP contribution in [0.1, 0.15) is 25.0 Å². The van der Waals surface area contributed by atoms with Crippen LogP contribution >= 0.6 is 0 Å². The van der Waals surface area contributed by atoms with Gasteiger partial charge in [-0.3, -0.25) is 5.01 Å². The minimum absolute atomic E-state index is 0.318. The van der Waals surface area contributed by atoms with Crippen molar-refractivity contribution in [1.29, 1.82) is 0 Å². The number of hydrogen-bond acceptors (Lipinski definition) is 4. The summed E-state index contributed by atoms with van der Waals surface area (Å²) < 4.78 is 0. The Morgan fingerprint density at radius 1 is 1.17 bits per heavy atom. The van der Waals surface area contributed by atoms with Gasteiger partial charge >= 0.3 is 0 Å². The van der Waals surface area contributed by atoms with Crippen molar-refractivity contribution in [1.82, 2.24) is 20.9 Å². The molecule has 2 heterocycles. The first-order chi connectivity index (χ1) is 11.1. The molecule has 0 spiro atoms. The summed E-state index contributed by atoms with van der Waals surface area (Å²) in [5.41, 5.74) is 13.5. The number of benzene rings is 1. The summed E-state index contributed by atoms with van der Waals surface area (Å²) in [5.74, 6) is 0. The molecular weight excluding hydrogens is 284 g/mol. The van der Waals surface area contributed by atoms with Crippen molar-refractivity contribution < 1.29 is 0 Å². The maximum absolute atomic E-state index is 4.02. The van der Waals surface area contributed by atoms with Crippen LogP contribution in [0.15, 0.2) is 66.5 Å². The lowest BCUT2D eigenvalue weighted by Gasteiger charge is -2.30. The topological polar surface area (TPSA) is 30.5 Å². The van der Waals surface area contributed by atoms with E-state index in [1.165, 1.54) is 11.1 Å². The van der Waals surface area contributed by atoms with E-state index < -0.39 is 0 Å². The lowest BCUT2D eigenvalue weighted by atomic mass is 9.96. The summed E-state index contributed by atoms with van der Waals surface area (Å²) in [6.07, 6.45) is 3.80. The number of allylic oxidation sites excluding steroid dienone is 2. The molecule has 2 aliphatic heterocycles. The van der Waals surface area contributed by atoms with Gasteiger partial charge in [0.15, 0.2) is 0 Å². The Hall–Kier alpha value is -2.46. The molecule has 3 rings (SSSR count). The van der Waals surface area contributed by atoms with Crippen LogP contribution < -0.4 is 11.0 Å². The van der Waals surface area contributed by atoms with Crippen molar-refractivity contribution in [2.24, 2.45) is 0 Å². The van der Waals surface area contributed by atoms with E-state index in [1.807, 2.05) is 12.2 Å². The molecule has 1 aromatic rings. The molecule has 0 fully saturated rings. The highest BCUT2D eigenvalue weighted by molar-refractivity contribution is 5.76. The standard InChI is InChI=1S/C19H24N4/c1-6-15-17(7-2)22(5)12-14-10-8-9-11-16(14)19-18(15)20-21-23(19)13(3)4/h6-11,13,20-21H,1-2,12H2,3-5H3/b17-15-. The fraction of sp³-hybridized carbons (Fsp3) is 0.263. The minimum atomic E-state index is 0.318. The zero-order chi connectivity index (χ0) is 16.6. The minimum Gasteiger partial charge on any atom is -0.370 e. The maximum Gasteiger partial charge on any atom is 0.0868 e. The number of fused-ring (bicyclic) bond motifs is 2. The van der Waals surface area contributed by atoms with Crippen molar-refractivity contribution in [3.8, 4) is 0 Å². The molecule has 2 aliphatic rings. The van der Waals surface area contributed by atoms with Gasteiger partial charge in [-0.1, -0.05) is 43.5 Å². The van der Waals surface area contributed by atoms with Crippen LogP contribution in [0.5, 0.6) is 0 Å². The normalized spacial score (nSPS) is 20.7. The molecule has 1 aromatic carbocycles. The van der Waals surface area contributed by atoms with Gasteiger partial charge in [0, 0.05) is 36.5 Å². The van der Waals surface area contributed by atoms with Gasteiger partial charge in [-0.2, -0.15) is 0 Å². The Kier molecular flexibility index (Phi) is 4.01. The maximum atomic E-state index is 4.02. The molecule has 0 saturated heterocycles. The summed E-state index contributed by atoms with van der Waals surface area (Å²) in [6, 6.07) is 8.87. The average molecular weight is 308 g/mol. The van der Waals surface area contributed by atoms with Crippen LogP contribution in [-0.2, 0) is 6.54 Å². The fourth-order valence-corrected chi connectivity index (χ4v) is 3.23. The third-order valence-corrected chi connectivity index (χ3v) is 4.33. The molecule has 120 valence electrons. The molecule has 0 amide bonds. The Balaban J connectivity index is 2.33. The number of nitrogens with zero attached hydrogens (tertiary/aromatic N) is 2. The average Bonchev–Trinajstić information content (AvgIpc) is 2.95. The second kappa shape index (κ2) is 5.97. The number of nitrogens with one attached hydrogen (secondary N) is 2. The monoisotopic (exact) mass is 308 g/mol. The summed E-state index contributed by atoms with van der Waals surface area (Å²) in [4.78, 5) is 2.21. The van der Waals surface area contributed by atoms with Crippen molar-refractivity contribution in [3.05, 3.63) is 77.7 Å². The van der Waals surface area contributed by atoms with Gasteiger partial charge < -0.3 is 10.3 Å². The molecule has 0 unspecified atom stereocenters. The predicted molar refractivity (Wildman–Crippen MR) is 95.5 cm³/mol. The molecule has 0 aromatic heterocycles. The summed E-state index contributed by atoms with van der Waals surface area (Å²) in [6.45, 7) is 13.2. The lowest BCUT2D eigenvalue weighted by Crippen LogP contribution is -2.42. The second-order valence-corrected chi connectivity index (χ2v) is 6.14. The molecule has 0 aliphatic carbocycles. The summed E-state index contributed by atoms with van der Waals surface area (Å²) >= 11 is 0. The Labute approximate surface area is 138 Å². The Morgan fingerprint density at radius 3 is 2.57 bits per heavy atom. The van der Waals surface area contributed by atoms with Crippen LogP contribution in [-0.4, -0.2) is 23.0 Å². The number of hydrazine groups is 2. The smallest absolute Gasteiger partial charge is 0.0868 e. The third-order valence-electron chi connectivity index (χ3n) is 4.33. The van der Waals surface area contributed by atoms with Gasteiger partial charge in [0.2, 0.25) is 0 Å². The first kappa shape index (κ1) is 15.4. The van der Waals surface area contributed by atoms with E-state index in [0.717, 1.165) is 29.2 Å². The predicted octanol–water partition coefficient (Wildman–Crippen LogP) is 3.16. The van der Waals surface area contributed by atoms with E-state index in [-0.39, 0.29) is 0 Å². The van der Waals surface area contributed by atoms with Crippen molar-refractivity contribution in [2.45, 2.75) is 26.4 Å². The van der Waals surface area contributed by atoms with Gasteiger partial charge in [-0.05, 0) is 25.5 Å². The van der Waals surface area contributed by atoms with E-state index in [1.54, 1.807) is 0 Å². The van der Waals surface area contributed by atoms with Crippen LogP contribution in [0, 0.1) is 0 Å². The molecule has 0 bridgehead atoms. The molecule has 0 saturated carbocycles. The van der Waals surface area contributed by atoms with E-state index in [2.05, 4.69) is 79.2 Å². The van der Waals surface area contributed by atoms with E-state index in [9.17, 15) is 0 Å². The molecule has 4 nitrogen and oxygen atoms in total. The molecular formula is C19H24N4. The lowest BCUT2D eigenvalue weighted by molar-refractivity contribution is 0.235. The Morgan fingerprint density at radius 2 is 1.91 bits per heavy atom. The molecule has 0 radical (unpaired) electrons. The largest absolute Gasteiger partial charge is 0.370 e. The van der Waals surface area contributed by atoms with Crippen molar-refractivity contribution in [3.63, 3.8) is 0 Å². The van der Waals surface area contributed by atoms with Crippen LogP contribution in [0.4, 0.5) is 0 Å². The number of rotatable bonds is 3. The van der Waals surface area contributed by atoms with Gasteiger partial charge in [-0.15, -0.1) is 5.53 Å². The highest BCUT2D eigenvalue weighted by Gasteiger charge is 2.31. The first-order valence-electron chi connectivity index (χ1n) is 7.92. The SMILES string of the molecule is C=C/C1=C(\C=C)N(C)Cc2ccccc2C2=C1NNN2C(C)C. The van der Waals surface area contributed by atoms with Gasteiger partial charge in [-0.25, -0.2) is 0 Å². The van der Waals surface area contributed by atoms with E-state index in [4.69, 9.17) is 0 Å². The number of likely N-dealkylation sites (N-methyl/N-ethyl adjacent to an activating group) is 1. The third kappa shape index (κ3) is 2.45. The molecule has 2 N–H and O–H groups in total. The zero-order valence-corrected chi connectivity index (χ0v) is 14.1. The number of hydrogen-bond donors (Lipinski definition) is 2. The molecule has 23 heavy (non-hydrogen) atoms. The van der Waals surface area contributed by atoms with Crippen LogP contribution in [0.2, 0.25) is 0 Å². The van der Waals surface area contributed by atoms with Crippen LogP contribution in [0.3, 0.4) is 0 Å². The van der Waals surface area contributed by atoms with E-state index in [0.29, 0.717) is 6.04 Å². The quantitative estimate of drug-likeness (QED) is 0.898. The highest BCUT2D eigenvalue weighted by atomic mass is 15.7. The zero-order valence-electron chi connectivity index (χ0n) is 14.1. The molecule has 4 heteroatoms. The molecule has 0 atom stereocenters. The highest BCUT2D eigenvalue weighted by Crippen LogP contribution is 2.36. The van der Waals surface area contributed by atoms with Gasteiger partial charge in [0.25, 0.3) is 0 Å². The van der Waals surface area contributed by atoms with Gasteiger partial charge in [0.1, 0.15) is 0 Å². The van der Waals surface area contributed by atoms with Crippen molar-refractivity contribution >= 4 is 5.70 Å². The van der Waals surface area contributed by atoms with Crippen LogP contribution in [0.25, 0.3) is 5.70 Å². The second-order valence-electron chi connectivity index (χ2n) is 6.14. The van der Waals surface area contributed by atoms with E-state index >= 15 is 0 Å². The summed E-state index contributed by atoms with van der Waals surface area (Å²) in [5, 5.41) is 2.17. The van der Waals surface area contributed by atoms with Crippen molar-refractivity contribution in [2.75, 3.05) is 7.05 Å². The fourth-order valence-electron chi connectivity index (χ4n) is 3.23. The van der Waals surface area contributed by atoms with Gasteiger partial charge in [0.05, 0.1) is 11.4 Å².